The maximum atomic E-state index is 13.2. The van der Waals surface area contributed by atoms with Gasteiger partial charge in [0.25, 0.3) is 5.91 Å². The van der Waals surface area contributed by atoms with E-state index in [1.54, 1.807) is 36.5 Å². The van der Waals surface area contributed by atoms with Crippen molar-refractivity contribution in [2.24, 2.45) is 0 Å². The lowest BCUT2D eigenvalue weighted by atomic mass is 10.0. The van der Waals surface area contributed by atoms with E-state index in [4.69, 9.17) is 12.3 Å². The number of hydrogen-bond donors (Lipinski definition) is 3. The molecule has 3 aromatic heterocycles. The number of rotatable bonds is 8. The molecule has 5 heterocycles. The third-order valence-electron chi connectivity index (χ3n) is 6.88. The van der Waals surface area contributed by atoms with Crippen molar-refractivity contribution in [3.8, 4) is 11.3 Å². The van der Waals surface area contributed by atoms with Crippen LogP contribution in [0, 0.1) is 0 Å². The summed E-state index contributed by atoms with van der Waals surface area (Å²) in [6, 6.07) is 9.70. The van der Waals surface area contributed by atoms with Crippen LogP contribution in [-0.4, -0.2) is 81.9 Å². The van der Waals surface area contributed by atoms with Gasteiger partial charge in [-0.3, -0.25) is 19.5 Å². The minimum absolute atomic E-state index is 0.00383. The highest BCUT2D eigenvalue weighted by atomic mass is 16.5. The lowest BCUT2D eigenvalue weighted by Crippen LogP contribution is -2.46. The van der Waals surface area contributed by atoms with Gasteiger partial charge in [-0.05, 0) is 66.9 Å². The zero-order chi connectivity index (χ0) is 36.9. The molecular weight excluding hydrogens is 532 g/mol. The zero-order valence-corrected chi connectivity index (χ0v) is 22.5. The maximum absolute atomic E-state index is 13.2. The number of piperidine rings is 1. The fourth-order valence-corrected chi connectivity index (χ4v) is 4.92. The number of benzene rings is 1. The van der Waals surface area contributed by atoms with Gasteiger partial charge < -0.3 is 25.3 Å². The molecule has 4 aromatic rings. The lowest BCUT2D eigenvalue weighted by molar-refractivity contribution is -0.117. The number of anilines is 2. The first kappa shape index (κ1) is 18.7. The number of aromatic amines is 1. The first-order chi connectivity index (χ1) is 23.9. The van der Waals surface area contributed by atoms with Crippen LogP contribution in [0.5, 0.6) is 0 Å². The smallest absolute Gasteiger partial charge is 0.274 e. The van der Waals surface area contributed by atoms with Crippen molar-refractivity contribution in [1.82, 2.24) is 30.2 Å². The molecule has 2 saturated heterocycles. The number of nitrogens with zero attached hydrogens (tertiary/aromatic N) is 5. The first-order valence-corrected chi connectivity index (χ1v) is 13.3. The van der Waals surface area contributed by atoms with Gasteiger partial charge in [-0.1, -0.05) is 18.7 Å². The van der Waals surface area contributed by atoms with E-state index >= 15 is 0 Å². The predicted molar refractivity (Wildman–Crippen MR) is 161 cm³/mol. The molecule has 0 aliphatic carbocycles. The Balaban J connectivity index is 1.20. The third-order valence-corrected chi connectivity index (χ3v) is 6.88. The summed E-state index contributed by atoms with van der Waals surface area (Å²) in [5.74, 6) is -1.20. The van der Waals surface area contributed by atoms with Crippen molar-refractivity contribution < 1.29 is 26.7 Å². The molecule has 1 atom stereocenters. The van der Waals surface area contributed by atoms with Crippen LogP contribution in [0.1, 0.15) is 41.2 Å². The molecule has 0 spiro atoms. The summed E-state index contributed by atoms with van der Waals surface area (Å²) in [5.41, 5.74) is 2.15. The van der Waals surface area contributed by atoms with E-state index in [1.165, 1.54) is 6.08 Å². The predicted octanol–water partition coefficient (Wildman–Crippen LogP) is 3.38. The van der Waals surface area contributed by atoms with Gasteiger partial charge in [0.2, 0.25) is 5.91 Å². The van der Waals surface area contributed by atoms with Gasteiger partial charge in [-0.15, -0.1) is 0 Å². The number of ether oxygens (including phenoxy) is 1. The first-order valence-electron chi connectivity index (χ1n) is 17.8. The second-order valence-electron chi connectivity index (χ2n) is 9.78. The van der Waals surface area contributed by atoms with Crippen molar-refractivity contribution in [2.75, 3.05) is 49.4 Å². The Morgan fingerprint density at radius 3 is 2.83 bits per heavy atom. The molecule has 6 rings (SSSR count). The van der Waals surface area contributed by atoms with Crippen LogP contribution in [-0.2, 0) is 16.1 Å². The van der Waals surface area contributed by atoms with Gasteiger partial charge in [0.05, 0.1) is 30.8 Å². The number of fused-ring (bicyclic) bond motifs is 1. The van der Waals surface area contributed by atoms with Crippen molar-refractivity contribution in [3.05, 3.63) is 78.9 Å². The van der Waals surface area contributed by atoms with Gasteiger partial charge in [0, 0.05) is 49.7 Å². The Kier molecular flexibility index (Phi) is 5.58. The molecule has 216 valence electrons. The zero-order valence-electron chi connectivity index (χ0n) is 31.5. The van der Waals surface area contributed by atoms with Crippen LogP contribution in [0.15, 0.2) is 67.6 Å². The fourth-order valence-electron chi connectivity index (χ4n) is 4.92. The molecule has 0 bridgehead atoms. The monoisotopic (exact) mass is 575 g/mol. The number of hydrogen-bond acceptors (Lipinski definition) is 8. The number of amides is 2. The van der Waals surface area contributed by atoms with Crippen molar-refractivity contribution in [1.29, 1.82) is 0 Å². The van der Waals surface area contributed by atoms with Crippen LogP contribution in [0.2, 0.25) is 0 Å². The second kappa shape index (κ2) is 12.5. The lowest BCUT2D eigenvalue weighted by Gasteiger charge is -2.33. The van der Waals surface area contributed by atoms with E-state index in [-0.39, 0.29) is 45.3 Å². The number of morpholine rings is 1. The molecule has 2 fully saturated rings. The molecule has 3 N–H and O–H groups in total. The minimum Gasteiger partial charge on any atom is -0.378 e. The molecule has 2 aliphatic rings. The normalized spacial score (nSPS) is 25.6. The molecule has 0 saturated carbocycles. The fraction of sp³-hybridized carbons (Fsp3) is 0.323. The molecule has 2 aliphatic heterocycles. The molecule has 0 unspecified atom stereocenters. The number of H-pyrrole nitrogens is 1. The summed E-state index contributed by atoms with van der Waals surface area (Å²) in [5, 5.41) is 5.58. The summed E-state index contributed by atoms with van der Waals surface area (Å²) in [7, 11) is 0. The van der Waals surface area contributed by atoms with E-state index < -0.39 is 37.8 Å². The van der Waals surface area contributed by atoms with Crippen LogP contribution in [0.25, 0.3) is 22.3 Å². The Morgan fingerprint density at radius 1 is 1.19 bits per heavy atom. The third kappa shape index (κ3) is 6.32. The van der Waals surface area contributed by atoms with E-state index in [9.17, 15) is 9.59 Å². The average molecular weight is 576 g/mol. The number of carbonyl (C=O) groups is 2. The molecule has 2 amide bonds. The Bertz CT molecular complexity index is 1960. The van der Waals surface area contributed by atoms with E-state index in [1.807, 2.05) is 6.07 Å². The average Bonchev–Trinajstić information content (AvgIpc) is 3.41. The van der Waals surface area contributed by atoms with Crippen molar-refractivity contribution >= 4 is 34.4 Å². The van der Waals surface area contributed by atoms with E-state index in [0.29, 0.717) is 24.3 Å². The largest absolute Gasteiger partial charge is 0.378 e. The van der Waals surface area contributed by atoms with Crippen LogP contribution in [0.4, 0.5) is 11.5 Å². The Hall–Kier alpha value is -4.61. The molecular formula is C31H34N8O3. The number of nitrogens with one attached hydrogen (secondary N) is 3. The summed E-state index contributed by atoms with van der Waals surface area (Å²) >= 11 is 0. The topological polar surface area (TPSA) is 128 Å². The maximum Gasteiger partial charge on any atom is 0.274 e. The van der Waals surface area contributed by atoms with Gasteiger partial charge in [0.15, 0.2) is 0 Å². The molecule has 0 radical (unpaired) electrons. The molecule has 42 heavy (non-hydrogen) atoms. The van der Waals surface area contributed by atoms with Crippen LogP contribution in [0.3, 0.4) is 0 Å². The standard InChI is InChI=1S/C31H34N8O3/c1-2-28(40)35-24-4-3-11-38(19-24)18-21-9-10-32-27(16-21)31(41)36-23-7-5-22(6-8-23)26-17-25-29(37-26)33-20-34-30(25)39-12-14-42-15-13-39/h2,5-10,16-17,20,24H,1,3-4,11-15,18-19H2,(H,35,40)(H,36,41)(H,33,34,37)/t24-/m0/s1/i12D2,13D2,14D2,15D2,17D. The van der Waals surface area contributed by atoms with Gasteiger partial charge >= 0.3 is 0 Å². The quantitative estimate of drug-likeness (QED) is 0.273. The number of carbonyl (C=O) groups excluding carboxylic acids is 2. The Morgan fingerprint density at radius 2 is 2.02 bits per heavy atom. The van der Waals surface area contributed by atoms with Gasteiger partial charge in [-0.25, -0.2) is 9.97 Å². The van der Waals surface area contributed by atoms with Crippen LogP contribution >= 0.6 is 0 Å². The highest BCUT2D eigenvalue weighted by Crippen LogP contribution is 2.29. The summed E-state index contributed by atoms with van der Waals surface area (Å²) in [6.07, 6.45) is 5.59. The highest BCUT2D eigenvalue weighted by Gasteiger charge is 2.21. The Labute approximate surface area is 256 Å². The molecule has 1 aromatic carbocycles. The van der Waals surface area contributed by atoms with Gasteiger partial charge in [-0.2, -0.15) is 0 Å². The number of likely N-dealkylation sites (tertiary alicyclic amines) is 1. The van der Waals surface area contributed by atoms with Gasteiger partial charge in [0.1, 0.15) is 23.5 Å². The van der Waals surface area contributed by atoms with Crippen LogP contribution < -0.4 is 15.5 Å². The molecule has 11 heteroatoms. The SMILES string of the molecule is [2H]c1c(-c2ccc(NC(=O)c3cc(CN4CCC[C@H](NC(=O)C=C)C4)ccn3)cc2)[nH]c2ncnc(N3C([2H])([2H])C([2H])([2H])OC([2H])([2H])C3([2H])[2H])c12. The van der Waals surface area contributed by atoms with E-state index in [0.717, 1.165) is 31.3 Å². The van der Waals surface area contributed by atoms with Crippen molar-refractivity contribution in [2.45, 2.75) is 25.4 Å². The summed E-state index contributed by atoms with van der Waals surface area (Å²) < 4.78 is 79.3. The highest BCUT2D eigenvalue weighted by molar-refractivity contribution is 6.03. The number of pyridine rings is 1. The summed E-state index contributed by atoms with van der Waals surface area (Å²) in [4.78, 5) is 42.6. The minimum atomic E-state index is -3.31. The summed E-state index contributed by atoms with van der Waals surface area (Å²) in [6.45, 7) is -7.53. The number of aromatic nitrogens is 4. The second-order valence-corrected chi connectivity index (χ2v) is 9.78. The van der Waals surface area contributed by atoms with E-state index in [2.05, 4.69) is 46.8 Å². The molecule has 11 nitrogen and oxygen atoms in total. The van der Waals surface area contributed by atoms with Crippen molar-refractivity contribution in [3.63, 3.8) is 0 Å².